The summed E-state index contributed by atoms with van der Waals surface area (Å²) in [5, 5.41) is 0. The highest BCUT2D eigenvalue weighted by molar-refractivity contribution is 9.11. The van der Waals surface area contributed by atoms with Gasteiger partial charge in [-0.1, -0.05) is 27.6 Å². The second-order valence-electron chi connectivity index (χ2n) is 2.22. The third-order valence-electron chi connectivity index (χ3n) is 0.841. The van der Waals surface area contributed by atoms with Gasteiger partial charge in [-0.25, -0.2) is 0 Å². The molecule has 0 bridgehead atoms. The van der Waals surface area contributed by atoms with E-state index in [1.807, 2.05) is 26.0 Å². The molecule has 0 unspecified atom stereocenters. The Kier molecular flexibility index (Phi) is 5.06. The first kappa shape index (κ1) is 9.52. The van der Waals surface area contributed by atoms with E-state index in [2.05, 4.69) is 21.9 Å². The molecule has 0 saturated carbocycles. The average Bonchev–Trinajstić information content (AvgIpc) is 1.82. The molecule has 54 valence electrons. The Balaban J connectivity index is 3.98. The van der Waals surface area contributed by atoms with Crippen LogP contribution in [0.4, 0.5) is 0 Å². The zero-order chi connectivity index (χ0) is 7.98. The molecule has 0 aromatic heterocycles. The molecule has 0 aliphatic rings. The summed E-state index contributed by atoms with van der Waals surface area (Å²) in [6.45, 7) is 4.09. The lowest BCUT2D eigenvalue weighted by Gasteiger charge is -1.88. The molecule has 0 aromatic rings. The van der Waals surface area contributed by atoms with Crippen LogP contribution in [0.3, 0.4) is 0 Å². The van der Waals surface area contributed by atoms with E-state index in [0.29, 0.717) is 6.42 Å². The SMILES string of the molecule is C#CC/C=C(/Br)C=C(C)C. The molecule has 0 amide bonds. The van der Waals surface area contributed by atoms with Crippen LogP contribution in [0.15, 0.2) is 22.2 Å². The molecule has 0 saturated heterocycles. The predicted molar refractivity (Wildman–Crippen MR) is 49.9 cm³/mol. The van der Waals surface area contributed by atoms with E-state index < -0.39 is 0 Å². The molecule has 0 radical (unpaired) electrons. The van der Waals surface area contributed by atoms with Gasteiger partial charge in [0.1, 0.15) is 0 Å². The summed E-state index contributed by atoms with van der Waals surface area (Å²) in [5.41, 5.74) is 1.26. The van der Waals surface area contributed by atoms with Gasteiger partial charge in [-0.2, -0.15) is 0 Å². The van der Waals surface area contributed by atoms with E-state index in [1.165, 1.54) is 5.57 Å². The fourth-order valence-corrected chi connectivity index (χ4v) is 1.11. The molecule has 0 aliphatic heterocycles. The van der Waals surface area contributed by atoms with E-state index in [0.717, 1.165) is 4.48 Å². The minimum atomic E-state index is 0.685. The summed E-state index contributed by atoms with van der Waals surface area (Å²) in [7, 11) is 0. The molecular weight excluding hydrogens is 188 g/mol. The zero-order valence-corrected chi connectivity index (χ0v) is 7.90. The van der Waals surface area contributed by atoms with Crippen molar-refractivity contribution in [2.45, 2.75) is 20.3 Å². The molecule has 0 atom stereocenters. The fourth-order valence-electron chi connectivity index (χ4n) is 0.491. The lowest BCUT2D eigenvalue weighted by Crippen LogP contribution is -1.67. The van der Waals surface area contributed by atoms with Crippen LogP contribution in [0.2, 0.25) is 0 Å². The molecule has 0 aromatic carbocycles. The van der Waals surface area contributed by atoms with Gasteiger partial charge in [0.25, 0.3) is 0 Å². The van der Waals surface area contributed by atoms with E-state index in [1.54, 1.807) is 0 Å². The van der Waals surface area contributed by atoms with Gasteiger partial charge in [-0.05, 0) is 19.9 Å². The van der Waals surface area contributed by atoms with Gasteiger partial charge in [-0.3, -0.25) is 0 Å². The van der Waals surface area contributed by atoms with Gasteiger partial charge in [0.05, 0.1) is 0 Å². The summed E-state index contributed by atoms with van der Waals surface area (Å²) in [6.07, 6.45) is 9.76. The Morgan fingerprint density at radius 1 is 1.60 bits per heavy atom. The molecule has 0 fully saturated rings. The van der Waals surface area contributed by atoms with Gasteiger partial charge < -0.3 is 0 Å². The van der Waals surface area contributed by atoms with Crippen LogP contribution < -0.4 is 0 Å². The Labute approximate surface area is 71.1 Å². The van der Waals surface area contributed by atoms with E-state index in [9.17, 15) is 0 Å². The first-order valence-electron chi connectivity index (χ1n) is 3.11. The normalized spacial score (nSPS) is 10.4. The van der Waals surface area contributed by atoms with Gasteiger partial charge in [0.2, 0.25) is 0 Å². The van der Waals surface area contributed by atoms with Crippen molar-refractivity contribution in [3.63, 3.8) is 0 Å². The lowest BCUT2D eigenvalue weighted by atomic mass is 10.3. The van der Waals surface area contributed by atoms with Crippen molar-refractivity contribution < 1.29 is 0 Å². The number of allylic oxidation sites excluding steroid dienone is 4. The Morgan fingerprint density at radius 3 is 2.60 bits per heavy atom. The van der Waals surface area contributed by atoms with Crippen LogP contribution >= 0.6 is 15.9 Å². The second kappa shape index (κ2) is 5.32. The van der Waals surface area contributed by atoms with Gasteiger partial charge in [0, 0.05) is 10.9 Å². The van der Waals surface area contributed by atoms with Crippen LogP contribution in [-0.4, -0.2) is 0 Å². The van der Waals surface area contributed by atoms with Crippen LogP contribution in [0, 0.1) is 12.3 Å². The van der Waals surface area contributed by atoms with E-state index in [4.69, 9.17) is 6.42 Å². The van der Waals surface area contributed by atoms with Crippen LogP contribution in [0.1, 0.15) is 20.3 Å². The molecule has 0 N–H and O–H groups in total. The number of hydrogen-bond acceptors (Lipinski definition) is 0. The van der Waals surface area contributed by atoms with Crippen LogP contribution in [0.5, 0.6) is 0 Å². The molecule has 0 aliphatic carbocycles. The number of terminal acetylenes is 1. The Bertz CT molecular complexity index is 187. The largest absolute Gasteiger partial charge is 0.120 e. The van der Waals surface area contributed by atoms with Crippen molar-refractivity contribution in [2.75, 3.05) is 0 Å². The monoisotopic (exact) mass is 198 g/mol. The zero-order valence-electron chi connectivity index (χ0n) is 6.32. The minimum absolute atomic E-state index is 0.685. The molecule has 1 heteroatoms. The summed E-state index contributed by atoms with van der Waals surface area (Å²) in [5.74, 6) is 2.54. The van der Waals surface area contributed by atoms with Crippen molar-refractivity contribution in [3.05, 3.63) is 22.2 Å². The summed E-state index contributed by atoms with van der Waals surface area (Å²) in [6, 6.07) is 0. The van der Waals surface area contributed by atoms with Gasteiger partial charge in [0.15, 0.2) is 0 Å². The minimum Gasteiger partial charge on any atom is -0.120 e. The Morgan fingerprint density at radius 2 is 2.20 bits per heavy atom. The summed E-state index contributed by atoms with van der Waals surface area (Å²) >= 11 is 3.37. The Hall–Kier alpha value is -0.480. The number of hydrogen-bond donors (Lipinski definition) is 0. The fraction of sp³-hybridized carbons (Fsp3) is 0.333. The second-order valence-corrected chi connectivity index (χ2v) is 3.13. The van der Waals surface area contributed by atoms with Crippen LogP contribution in [-0.2, 0) is 0 Å². The van der Waals surface area contributed by atoms with Crippen molar-refractivity contribution >= 4 is 15.9 Å². The standard InChI is InChI=1S/C9H11Br/c1-4-5-6-9(10)7-8(2)3/h1,6-7H,5H2,2-3H3/b9-6+. The maximum absolute atomic E-state index is 5.07. The number of rotatable bonds is 2. The quantitative estimate of drug-likeness (QED) is 0.473. The maximum atomic E-state index is 5.07. The highest BCUT2D eigenvalue weighted by Crippen LogP contribution is 2.09. The molecular formula is C9H11Br. The molecule has 0 heterocycles. The smallest absolute Gasteiger partial charge is 0.0280 e. The third kappa shape index (κ3) is 5.65. The predicted octanol–water partition coefficient (Wildman–Crippen LogP) is 3.25. The van der Waals surface area contributed by atoms with Crippen molar-refractivity contribution in [1.29, 1.82) is 0 Å². The van der Waals surface area contributed by atoms with Gasteiger partial charge >= 0.3 is 0 Å². The first-order valence-corrected chi connectivity index (χ1v) is 3.90. The maximum Gasteiger partial charge on any atom is 0.0280 e. The molecule has 0 spiro atoms. The molecule has 0 rings (SSSR count). The highest BCUT2D eigenvalue weighted by atomic mass is 79.9. The number of halogens is 1. The van der Waals surface area contributed by atoms with Crippen molar-refractivity contribution in [3.8, 4) is 12.3 Å². The summed E-state index contributed by atoms with van der Waals surface area (Å²) in [4.78, 5) is 0. The molecule has 0 nitrogen and oxygen atoms in total. The van der Waals surface area contributed by atoms with Crippen molar-refractivity contribution in [1.82, 2.24) is 0 Å². The third-order valence-corrected chi connectivity index (χ3v) is 1.39. The molecule has 10 heavy (non-hydrogen) atoms. The van der Waals surface area contributed by atoms with Gasteiger partial charge in [-0.15, -0.1) is 12.3 Å². The van der Waals surface area contributed by atoms with E-state index >= 15 is 0 Å². The van der Waals surface area contributed by atoms with Crippen LogP contribution in [0.25, 0.3) is 0 Å². The first-order chi connectivity index (χ1) is 4.66. The lowest BCUT2D eigenvalue weighted by molar-refractivity contribution is 1.38. The topological polar surface area (TPSA) is 0 Å². The highest BCUT2D eigenvalue weighted by Gasteiger charge is 1.82. The summed E-state index contributed by atoms with van der Waals surface area (Å²) < 4.78 is 1.06. The van der Waals surface area contributed by atoms with Crippen molar-refractivity contribution in [2.24, 2.45) is 0 Å². The van der Waals surface area contributed by atoms with E-state index in [-0.39, 0.29) is 0 Å². The average molecular weight is 199 g/mol.